The van der Waals surface area contributed by atoms with Crippen molar-refractivity contribution in [1.82, 2.24) is 9.88 Å². The van der Waals surface area contributed by atoms with Gasteiger partial charge in [-0.2, -0.15) is 0 Å². The smallest absolute Gasteiger partial charge is 0.355 e. The first-order chi connectivity index (χ1) is 12.8. The van der Waals surface area contributed by atoms with Crippen LogP contribution >= 0.6 is 0 Å². The quantitative estimate of drug-likeness (QED) is 0.755. The van der Waals surface area contributed by atoms with Crippen LogP contribution < -0.4 is 0 Å². The fourth-order valence-electron chi connectivity index (χ4n) is 2.72. The van der Waals surface area contributed by atoms with Crippen molar-refractivity contribution in [3.8, 4) is 0 Å². The molecule has 0 fully saturated rings. The second-order valence-electron chi connectivity index (χ2n) is 6.16. The zero-order valence-corrected chi connectivity index (χ0v) is 16.0. The first-order valence-corrected chi connectivity index (χ1v) is 8.66. The molecule has 0 aliphatic rings. The van der Waals surface area contributed by atoms with Crippen LogP contribution in [0.4, 0.5) is 0 Å². The van der Waals surface area contributed by atoms with Gasteiger partial charge in [0.15, 0.2) is 6.61 Å². The van der Waals surface area contributed by atoms with E-state index in [4.69, 9.17) is 9.47 Å². The molecule has 1 heterocycles. The number of carbonyl (C=O) groups is 3. The third-order valence-corrected chi connectivity index (χ3v) is 4.14. The Labute approximate surface area is 158 Å². The summed E-state index contributed by atoms with van der Waals surface area (Å²) >= 11 is 0. The molecule has 7 heteroatoms. The van der Waals surface area contributed by atoms with Gasteiger partial charge < -0.3 is 19.4 Å². The van der Waals surface area contributed by atoms with Crippen LogP contribution in [0, 0.1) is 13.8 Å². The van der Waals surface area contributed by atoms with E-state index in [1.807, 2.05) is 30.3 Å². The zero-order chi connectivity index (χ0) is 20.0. The van der Waals surface area contributed by atoms with Crippen molar-refractivity contribution < 1.29 is 23.9 Å². The van der Waals surface area contributed by atoms with Crippen molar-refractivity contribution >= 4 is 17.8 Å². The summed E-state index contributed by atoms with van der Waals surface area (Å²) in [6.07, 6.45) is 0. The number of amides is 1. The Morgan fingerprint density at radius 2 is 1.70 bits per heavy atom. The van der Waals surface area contributed by atoms with Gasteiger partial charge >= 0.3 is 11.9 Å². The number of likely N-dealkylation sites (N-methyl/N-ethyl adjacent to an activating group) is 1. The largest absolute Gasteiger partial charge is 0.461 e. The van der Waals surface area contributed by atoms with Gasteiger partial charge in [-0.1, -0.05) is 30.3 Å². The number of carbonyl (C=O) groups excluding carboxylic acids is 3. The lowest BCUT2D eigenvalue weighted by molar-refractivity contribution is -0.133. The van der Waals surface area contributed by atoms with Gasteiger partial charge in [-0.3, -0.25) is 4.79 Å². The van der Waals surface area contributed by atoms with Crippen LogP contribution in [0.3, 0.4) is 0 Å². The lowest BCUT2D eigenvalue weighted by atomic mass is 10.1. The second-order valence-corrected chi connectivity index (χ2v) is 6.16. The maximum atomic E-state index is 12.4. The number of aromatic amines is 1. The van der Waals surface area contributed by atoms with E-state index >= 15 is 0 Å². The number of ether oxygens (including phenoxy) is 2. The van der Waals surface area contributed by atoms with Gasteiger partial charge in [-0.25, -0.2) is 9.59 Å². The zero-order valence-electron chi connectivity index (χ0n) is 16.0. The van der Waals surface area contributed by atoms with Crippen LogP contribution in [0.5, 0.6) is 0 Å². The molecule has 144 valence electrons. The van der Waals surface area contributed by atoms with Gasteiger partial charge in [-0.05, 0) is 31.9 Å². The predicted octanol–water partition coefficient (Wildman–Crippen LogP) is 2.62. The molecule has 0 aliphatic heterocycles. The average molecular weight is 372 g/mol. The fraction of sp³-hybridized carbons (Fsp3) is 0.350. The minimum absolute atomic E-state index is 0.217. The highest BCUT2D eigenvalue weighted by atomic mass is 16.5. The standard InChI is InChI=1S/C20H24N2O5/c1-5-26-20(25)18-13(2)17(14(3)21-18)19(24)27-12-16(23)22(4)11-15-9-7-6-8-10-15/h6-10,21H,5,11-12H2,1-4H3. The SMILES string of the molecule is CCOC(=O)c1[nH]c(C)c(C(=O)OCC(=O)N(C)Cc2ccccc2)c1C. The van der Waals surface area contributed by atoms with Crippen molar-refractivity contribution in [2.75, 3.05) is 20.3 Å². The fourth-order valence-corrected chi connectivity index (χ4v) is 2.72. The molecule has 1 amide bonds. The van der Waals surface area contributed by atoms with Gasteiger partial charge in [-0.15, -0.1) is 0 Å². The summed E-state index contributed by atoms with van der Waals surface area (Å²) in [5.74, 6) is -1.50. The summed E-state index contributed by atoms with van der Waals surface area (Å²) < 4.78 is 10.1. The summed E-state index contributed by atoms with van der Waals surface area (Å²) in [5.41, 5.74) is 2.38. The van der Waals surface area contributed by atoms with Gasteiger partial charge in [0.2, 0.25) is 0 Å². The molecule has 0 saturated heterocycles. The molecule has 0 bridgehead atoms. The summed E-state index contributed by atoms with van der Waals surface area (Å²) in [4.78, 5) is 40.9. The minimum Gasteiger partial charge on any atom is -0.461 e. The topological polar surface area (TPSA) is 88.7 Å². The van der Waals surface area contributed by atoms with Crippen LogP contribution in [0.15, 0.2) is 30.3 Å². The number of aromatic nitrogens is 1. The molecule has 27 heavy (non-hydrogen) atoms. The number of esters is 2. The highest BCUT2D eigenvalue weighted by molar-refractivity contribution is 5.99. The average Bonchev–Trinajstić information content (AvgIpc) is 2.95. The van der Waals surface area contributed by atoms with E-state index in [0.717, 1.165) is 5.56 Å². The Kier molecular flexibility index (Phi) is 6.76. The summed E-state index contributed by atoms with van der Waals surface area (Å²) in [6, 6.07) is 9.52. The van der Waals surface area contributed by atoms with E-state index in [1.54, 1.807) is 27.8 Å². The Balaban J connectivity index is 1.99. The van der Waals surface area contributed by atoms with Crippen molar-refractivity contribution in [3.05, 3.63) is 58.4 Å². The van der Waals surface area contributed by atoms with Gasteiger partial charge in [0.25, 0.3) is 5.91 Å². The number of hydrogen-bond acceptors (Lipinski definition) is 5. The molecule has 0 atom stereocenters. The van der Waals surface area contributed by atoms with Crippen LogP contribution in [-0.2, 0) is 20.8 Å². The maximum Gasteiger partial charge on any atom is 0.355 e. The molecule has 0 saturated carbocycles. The second kappa shape index (κ2) is 9.02. The third-order valence-electron chi connectivity index (χ3n) is 4.14. The molecule has 1 aromatic heterocycles. The molecular formula is C20H24N2O5. The van der Waals surface area contributed by atoms with Gasteiger partial charge in [0.1, 0.15) is 5.69 Å². The Morgan fingerprint density at radius 3 is 2.33 bits per heavy atom. The van der Waals surface area contributed by atoms with E-state index in [1.165, 1.54) is 4.90 Å². The van der Waals surface area contributed by atoms with Crippen molar-refractivity contribution in [3.63, 3.8) is 0 Å². The van der Waals surface area contributed by atoms with E-state index < -0.39 is 11.9 Å². The van der Waals surface area contributed by atoms with E-state index in [-0.39, 0.29) is 30.4 Å². The van der Waals surface area contributed by atoms with Crippen LogP contribution in [0.2, 0.25) is 0 Å². The Morgan fingerprint density at radius 1 is 1.04 bits per heavy atom. The third kappa shape index (κ3) is 4.97. The van der Waals surface area contributed by atoms with Crippen molar-refractivity contribution in [2.24, 2.45) is 0 Å². The summed E-state index contributed by atoms with van der Waals surface area (Å²) in [5, 5.41) is 0. The number of hydrogen-bond donors (Lipinski definition) is 1. The monoisotopic (exact) mass is 372 g/mol. The first-order valence-electron chi connectivity index (χ1n) is 8.66. The van der Waals surface area contributed by atoms with Gasteiger partial charge in [0, 0.05) is 19.3 Å². The number of nitrogens with zero attached hydrogens (tertiary/aromatic N) is 1. The van der Waals surface area contributed by atoms with E-state index in [2.05, 4.69) is 4.98 Å². The van der Waals surface area contributed by atoms with Crippen LogP contribution in [0.25, 0.3) is 0 Å². The number of H-pyrrole nitrogens is 1. The Bertz CT molecular complexity index is 826. The summed E-state index contributed by atoms with van der Waals surface area (Å²) in [6.45, 7) is 5.28. The van der Waals surface area contributed by atoms with Crippen molar-refractivity contribution in [1.29, 1.82) is 0 Å². The normalized spacial score (nSPS) is 10.4. The van der Waals surface area contributed by atoms with E-state index in [9.17, 15) is 14.4 Å². The minimum atomic E-state index is -0.654. The molecule has 2 aromatic rings. The number of benzene rings is 1. The lowest BCUT2D eigenvalue weighted by Crippen LogP contribution is -2.30. The van der Waals surface area contributed by atoms with Crippen LogP contribution in [-0.4, -0.2) is 48.0 Å². The molecular weight excluding hydrogens is 348 g/mol. The molecule has 0 radical (unpaired) electrons. The highest BCUT2D eigenvalue weighted by Crippen LogP contribution is 2.20. The number of nitrogens with one attached hydrogen (secondary N) is 1. The van der Waals surface area contributed by atoms with Crippen molar-refractivity contribution in [2.45, 2.75) is 27.3 Å². The molecule has 0 aliphatic carbocycles. The maximum absolute atomic E-state index is 12.4. The summed E-state index contributed by atoms with van der Waals surface area (Å²) in [7, 11) is 1.65. The van der Waals surface area contributed by atoms with Gasteiger partial charge in [0.05, 0.1) is 12.2 Å². The lowest BCUT2D eigenvalue weighted by Gasteiger charge is -2.17. The molecule has 1 aromatic carbocycles. The first kappa shape index (κ1) is 20.2. The number of rotatable bonds is 7. The molecule has 7 nitrogen and oxygen atoms in total. The number of aryl methyl sites for hydroxylation is 1. The molecule has 2 rings (SSSR count). The highest BCUT2D eigenvalue weighted by Gasteiger charge is 2.24. The molecule has 1 N–H and O–H groups in total. The predicted molar refractivity (Wildman–Crippen MR) is 99.4 cm³/mol. The molecule has 0 spiro atoms. The Hall–Kier alpha value is -3.09. The molecule has 0 unspecified atom stereocenters. The van der Waals surface area contributed by atoms with E-state index in [0.29, 0.717) is 17.8 Å². The van der Waals surface area contributed by atoms with Crippen LogP contribution in [0.1, 0.15) is 44.6 Å².